The van der Waals surface area contributed by atoms with Crippen LogP contribution in [-0.4, -0.2) is 25.0 Å². The summed E-state index contributed by atoms with van der Waals surface area (Å²) in [6, 6.07) is 4.35. The zero-order valence-electron chi connectivity index (χ0n) is 12.3. The van der Waals surface area contributed by atoms with E-state index in [9.17, 15) is 14.4 Å². The first-order valence-corrected chi connectivity index (χ1v) is 6.83. The van der Waals surface area contributed by atoms with Crippen molar-refractivity contribution >= 4 is 23.5 Å². The number of benzene rings is 1. The first-order valence-electron chi connectivity index (χ1n) is 6.83. The van der Waals surface area contributed by atoms with E-state index in [1.165, 1.54) is 0 Å². The molecule has 1 aromatic rings. The molecule has 6 nitrogen and oxygen atoms in total. The molecule has 6 heteroatoms. The molecule has 1 unspecified atom stereocenters. The minimum Gasteiger partial charge on any atom is -0.497 e. The van der Waals surface area contributed by atoms with Crippen LogP contribution in [0.1, 0.15) is 25.3 Å². The molecular formula is C15H18N2O4. The number of aryl methyl sites for hydroxylation is 1. The van der Waals surface area contributed by atoms with E-state index in [2.05, 4.69) is 5.32 Å². The van der Waals surface area contributed by atoms with Gasteiger partial charge in [-0.3, -0.25) is 14.9 Å². The van der Waals surface area contributed by atoms with Crippen LogP contribution in [0, 0.1) is 12.8 Å². The Labute approximate surface area is 123 Å². The van der Waals surface area contributed by atoms with Crippen molar-refractivity contribution in [1.29, 1.82) is 0 Å². The van der Waals surface area contributed by atoms with E-state index >= 15 is 0 Å². The Morgan fingerprint density at radius 3 is 2.57 bits per heavy atom. The number of rotatable bonds is 4. The van der Waals surface area contributed by atoms with Crippen LogP contribution in [0.25, 0.3) is 0 Å². The maximum Gasteiger partial charge on any atom is 0.335 e. The van der Waals surface area contributed by atoms with Gasteiger partial charge in [0.15, 0.2) is 0 Å². The topological polar surface area (TPSA) is 75.7 Å². The average Bonchev–Trinajstić information content (AvgIpc) is 2.44. The zero-order valence-corrected chi connectivity index (χ0v) is 12.3. The summed E-state index contributed by atoms with van der Waals surface area (Å²) < 4.78 is 5.11. The first-order chi connectivity index (χ1) is 9.99. The fourth-order valence-electron chi connectivity index (χ4n) is 2.39. The van der Waals surface area contributed by atoms with Crippen molar-refractivity contribution in [2.24, 2.45) is 5.92 Å². The summed E-state index contributed by atoms with van der Waals surface area (Å²) in [5, 5.41) is 2.24. The van der Waals surface area contributed by atoms with Crippen molar-refractivity contribution < 1.29 is 19.1 Å². The molecule has 1 atom stereocenters. The Bertz CT molecular complexity index is 597. The van der Waals surface area contributed by atoms with Gasteiger partial charge < -0.3 is 4.74 Å². The van der Waals surface area contributed by atoms with Crippen LogP contribution in [0.4, 0.5) is 10.5 Å². The number of barbiturate groups is 1. The Kier molecular flexibility index (Phi) is 4.26. The quantitative estimate of drug-likeness (QED) is 0.861. The van der Waals surface area contributed by atoms with Gasteiger partial charge in [0.05, 0.1) is 12.8 Å². The molecule has 4 amide bonds. The van der Waals surface area contributed by atoms with E-state index in [4.69, 9.17) is 4.74 Å². The van der Waals surface area contributed by atoms with Gasteiger partial charge in [-0.25, -0.2) is 9.69 Å². The van der Waals surface area contributed by atoms with Gasteiger partial charge >= 0.3 is 6.03 Å². The highest BCUT2D eigenvalue weighted by molar-refractivity contribution is 6.27. The predicted molar refractivity (Wildman–Crippen MR) is 77.2 cm³/mol. The Morgan fingerprint density at radius 1 is 1.29 bits per heavy atom. The van der Waals surface area contributed by atoms with E-state index in [1.807, 2.05) is 6.92 Å². The van der Waals surface area contributed by atoms with Crippen LogP contribution in [0.15, 0.2) is 18.2 Å². The maximum atomic E-state index is 12.5. The van der Waals surface area contributed by atoms with Crippen LogP contribution in [0.5, 0.6) is 5.75 Å². The van der Waals surface area contributed by atoms with Gasteiger partial charge in [0, 0.05) is 0 Å². The molecule has 112 valence electrons. The summed E-state index contributed by atoms with van der Waals surface area (Å²) in [6.07, 6.45) is 1.11. The van der Waals surface area contributed by atoms with Crippen molar-refractivity contribution in [2.45, 2.75) is 26.7 Å². The lowest BCUT2D eigenvalue weighted by Gasteiger charge is -2.31. The monoisotopic (exact) mass is 290 g/mol. The van der Waals surface area contributed by atoms with Gasteiger partial charge in [-0.1, -0.05) is 13.3 Å². The van der Waals surface area contributed by atoms with Crippen LogP contribution < -0.4 is 15.0 Å². The smallest absolute Gasteiger partial charge is 0.335 e. The van der Waals surface area contributed by atoms with Crippen molar-refractivity contribution in [3.05, 3.63) is 23.8 Å². The third-order valence-corrected chi connectivity index (χ3v) is 3.49. The number of carbonyl (C=O) groups is 3. The van der Waals surface area contributed by atoms with Gasteiger partial charge in [0.2, 0.25) is 11.8 Å². The lowest BCUT2D eigenvalue weighted by Crippen LogP contribution is -2.58. The molecule has 1 aromatic carbocycles. The van der Waals surface area contributed by atoms with Crippen molar-refractivity contribution in [1.82, 2.24) is 5.32 Å². The minimum absolute atomic E-state index is 0.420. The third-order valence-electron chi connectivity index (χ3n) is 3.49. The number of hydrogen-bond acceptors (Lipinski definition) is 4. The molecule has 1 aliphatic rings. The van der Waals surface area contributed by atoms with E-state index in [1.54, 1.807) is 32.2 Å². The Balaban J connectivity index is 2.39. The molecule has 21 heavy (non-hydrogen) atoms. The number of nitrogens with one attached hydrogen (secondary N) is 1. The number of nitrogens with zero attached hydrogens (tertiary/aromatic N) is 1. The third kappa shape index (κ3) is 2.74. The standard InChI is InChI=1S/C15H18N2O4/c1-4-5-11-13(18)16-15(20)17(14(11)19)12-7-6-10(21-3)8-9(12)2/h6-8,11H,4-5H2,1-3H3,(H,16,18,20). The number of ether oxygens (including phenoxy) is 1. The molecule has 1 heterocycles. The second-order valence-electron chi connectivity index (χ2n) is 4.96. The molecule has 0 radical (unpaired) electrons. The van der Waals surface area contributed by atoms with E-state index < -0.39 is 23.8 Å². The molecule has 0 bridgehead atoms. The second-order valence-corrected chi connectivity index (χ2v) is 4.96. The molecular weight excluding hydrogens is 272 g/mol. The fraction of sp³-hybridized carbons (Fsp3) is 0.400. The summed E-state index contributed by atoms with van der Waals surface area (Å²) in [7, 11) is 1.54. The van der Waals surface area contributed by atoms with Crippen molar-refractivity contribution in [2.75, 3.05) is 12.0 Å². The zero-order chi connectivity index (χ0) is 15.6. The molecule has 1 saturated heterocycles. The number of urea groups is 1. The number of anilines is 1. The molecule has 2 rings (SSSR count). The van der Waals surface area contributed by atoms with Gasteiger partial charge in [0.1, 0.15) is 11.7 Å². The number of methoxy groups -OCH3 is 1. The first kappa shape index (κ1) is 15.0. The predicted octanol–water partition coefficient (Wildman–Crippen LogP) is 2.00. The molecule has 0 aliphatic carbocycles. The summed E-state index contributed by atoms with van der Waals surface area (Å²) in [4.78, 5) is 37.3. The number of carbonyl (C=O) groups excluding carboxylic acids is 3. The largest absolute Gasteiger partial charge is 0.497 e. The van der Waals surface area contributed by atoms with E-state index in [0.29, 0.717) is 24.3 Å². The molecule has 1 N–H and O–H groups in total. The molecule has 1 fully saturated rings. The maximum absolute atomic E-state index is 12.5. The Morgan fingerprint density at radius 2 is 2.00 bits per heavy atom. The van der Waals surface area contributed by atoms with Crippen molar-refractivity contribution in [3.8, 4) is 5.75 Å². The van der Waals surface area contributed by atoms with Crippen LogP contribution in [0.3, 0.4) is 0 Å². The van der Waals surface area contributed by atoms with Crippen LogP contribution in [0.2, 0.25) is 0 Å². The van der Waals surface area contributed by atoms with Crippen LogP contribution >= 0.6 is 0 Å². The molecule has 0 aromatic heterocycles. The number of imide groups is 2. The minimum atomic E-state index is -0.811. The highest BCUT2D eigenvalue weighted by Gasteiger charge is 2.40. The normalized spacial score (nSPS) is 18.7. The molecule has 1 aliphatic heterocycles. The van der Waals surface area contributed by atoms with Crippen molar-refractivity contribution in [3.63, 3.8) is 0 Å². The second kappa shape index (κ2) is 5.95. The summed E-state index contributed by atoms with van der Waals surface area (Å²) in [5.41, 5.74) is 1.19. The van der Waals surface area contributed by atoms with Gasteiger partial charge in [-0.05, 0) is 37.1 Å². The van der Waals surface area contributed by atoms with E-state index in [-0.39, 0.29) is 0 Å². The lowest BCUT2D eigenvalue weighted by atomic mass is 9.98. The average molecular weight is 290 g/mol. The van der Waals surface area contributed by atoms with Gasteiger partial charge in [-0.15, -0.1) is 0 Å². The van der Waals surface area contributed by atoms with Gasteiger partial charge in [0.25, 0.3) is 0 Å². The van der Waals surface area contributed by atoms with Crippen LogP contribution in [-0.2, 0) is 9.59 Å². The highest BCUT2D eigenvalue weighted by Crippen LogP contribution is 2.28. The fourth-order valence-corrected chi connectivity index (χ4v) is 2.39. The van der Waals surface area contributed by atoms with E-state index in [0.717, 1.165) is 10.5 Å². The number of hydrogen-bond donors (Lipinski definition) is 1. The van der Waals surface area contributed by atoms with Gasteiger partial charge in [-0.2, -0.15) is 0 Å². The summed E-state index contributed by atoms with van der Waals surface area (Å²) in [6.45, 7) is 3.67. The highest BCUT2D eigenvalue weighted by atomic mass is 16.5. The number of amides is 4. The summed E-state index contributed by atoms with van der Waals surface area (Å²) >= 11 is 0. The molecule has 0 spiro atoms. The molecule has 0 saturated carbocycles. The summed E-state index contributed by atoms with van der Waals surface area (Å²) in [5.74, 6) is -1.16. The SMILES string of the molecule is CCCC1C(=O)NC(=O)N(c2ccc(OC)cc2C)C1=O. The lowest BCUT2D eigenvalue weighted by molar-refractivity contribution is -0.134. The Hall–Kier alpha value is -2.37.